The Morgan fingerprint density at radius 2 is 2.50 bits per heavy atom. The van der Waals surface area contributed by atoms with E-state index in [1.165, 1.54) is 10.6 Å². The molecule has 6 heteroatoms. The fourth-order valence-electron chi connectivity index (χ4n) is 0.600. The van der Waals surface area contributed by atoms with E-state index in [9.17, 15) is 4.91 Å². The molecule has 56 valence electrons. The molecule has 0 aromatic heterocycles. The Bertz CT molecular complexity index is 183. The van der Waals surface area contributed by atoms with Crippen molar-refractivity contribution in [1.82, 2.24) is 4.31 Å². The Hall–Kier alpha value is -0.620. The number of thiol groups is 1. The number of hydrogen-bond acceptors (Lipinski definition) is 5. The minimum atomic E-state index is -1.28. The highest BCUT2D eigenvalue weighted by Gasteiger charge is 2.34. The smallest absolute Gasteiger partial charge is 0.314 e. The lowest BCUT2D eigenvalue weighted by Gasteiger charge is -2.17. The van der Waals surface area contributed by atoms with Gasteiger partial charge in [0.2, 0.25) is 0 Å². The molecular weight excluding hydrogens is 154 g/mol. The maximum absolute atomic E-state index is 10.8. The van der Waals surface area contributed by atoms with Crippen molar-refractivity contribution < 1.29 is 9.87 Å². The number of hydrogen-bond donors (Lipinski definition) is 2. The standard InChI is InChI=1S/C4H8N3O2S/c1-3-6(10)2-5-4(8)7(3)9/h2-4,8,10H,1H3/q+1. The summed E-state index contributed by atoms with van der Waals surface area (Å²) in [5, 5.41) is 8.82. The topological polar surface area (TPSA) is 55.9 Å². The van der Waals surface area contributed by atoms with E-state index in [2.05, 4.69) is 17.8 Å². The van der Waals surface area contributed by atoms with Gasteiger partial charge < -0.3 is 5.11 Å². The molecule has 0 bridgehead atoms. The lowest BCUT2D eigenvalue weighted by Crippen LogP contribution is -2.43. The summed E-state index contributed by atoms with van der Waals surface area (Å²) < 4.78 is 1.77. The number of aliphatic imine (C=N–C) groups is 1. The van der Waals surface area contributed by atoms with Crippen molar-refractivity contribution >= 4 is 19.2 Å². The molecule has 0 aromatic rings. The minimum absolute atomic E-state index is 0.451. The molecule has 1 rings (SSSR count). The summed E-state index contributed by atoms with van der Waals surface area (Å²) in [5.74, 6) is 0. The van der Waals surface area contributed by atoms with Crippen LogP contribution in [0, 0.1) is 4.91 Å². The largest absolute Gasteiger partial charge is 0.408 e. The number of aliphatic hydroxyl groups excluding tert-OH is 1. The van der Waals surface area contributed by atoms with Gasteiger partial charge in [-0.15, -0.1) is 0 Å². The van der Waals surface area contributed by atoms with Crippen molar-refractivity contribution in [3.8, 4) is 0 Å². The van der Waals surface area contributed by atoms with E-state index >= 15 is 0 Å². The van der Waals surface area contributed by atoms with Crippen LogP contribution in [0.4, 0.5) is 0 Å². The Morgan fingerprint density at radius 1 is 1.90 bits per heavy atom. The summed E-state index contributed by atoms with van der Waals surface area (Å²) in [6.07, 6.45) is -0.443. The van der Waals surface area contributed by atoms with E-state index in [0.717, 1.165) is 0 Å². The summed E-state index contributed by atoms with van der Waals surface area (Å²) in [4.78, 5) is 14.2. The second-order valence-corrected chi connectivity index (χ2v) is 2.44. The highest BCUT2D eigenvalue weighted by atomic mass is 32.1. The van der Waals surface area contributed by atoms with Crippen LogP contribution in [0.15, 0.2) is 4.99 Å². The van der Waals surface area contributed by atoms with E-state index in [4.69, 9.17) is 5.11 Å². The second kappa shape index (κ2) is 2.55. The van der Waals surface area contributed by atoms with Gasteiger partial charge in [-0.05, 0) is 0 Å². The van der Waals surface area contributed by atoms with Crippen LogP contribution in [0.1, 0.15) is 6.92 Å². The van der Waals surface area contributed by atoms with Crippen molar-refractivity contribution in [3.05, 3.63) is 4.91 Å². The molecule has 1 heterocycles. The van der Waals surface area contributed by atoms with E-state index in [-0.39, 0.29) is 0 Å². The molecule has 0 amide bonds. The second-order valence-electron chi connectivity index (χ2n) is 1.98. The Labute approximate surface area is 63.5 Å². The molecule has 1 aliphatic rings. The molecule has 1 N–H and O–H groups in total. The van der Waals surface area contributed by atoms with Crippen LogP contribution in [0.25, 0.3) is 0 Å². The number of nitroso groups, excluding NO2 is 1. The number of rotatable bonds is 0. The van der Waals surface area contributed by atoms with Crippen molar-refractivity contribution in [2.45, 2.75) is 19.4 Å². The fraction of sp³-hybridized carbons (Fsp3) is 0.750. The van der Waals surface area contributed by atoms with Gasteiger partial charge in [0.05, 0.1) is 4.76 Å². The van der Waals surface area contributed by atoms with Gasteiger partial charge in [-0.25, -0.2) is 4.31 Å². The van der Waals surface area contributed by atoms with Gasteiger partial charge in [0.1, 0.15) is 6.34 Å². The van der Waals surface area contributed by atoms with Crippen LogP contribution < -0.4 is 0 Å². The summed E-state index contributed by atoms with van der Waals surface area (Å²) >= 11 is 3.89. The van der Waals surface area contributed by atoms with Crippen LogP contribution >= 0.6 is 12.8 Å². The van der Waals surface area contributed by atoms with Gasteiger partial charge in [0, 0.05) is 11.8 Å². The lowest BCUT2D eigenvalue weighted by atomic mass is 10.5. The van der Waals surface area contributed by atoms with Gasteiger partial charge >= 0.3 is 6.35 Å². The first kappa shape index (κ1) is 7.49. The molecule has 0 radical (unpaired) electrons. The molecule has 0 aromatic carbocycles. The average Bonchev–Trinajstić information content (AvgIpc) is 1.93. The summed E-state index contributed by atoms with van der Waals surface area (Å²) in [6, 6.07) is 0. The highest BCUT2D eigenvalue weighted by molar-refractivity contribution is 7.78. The Balaban J connectivity index is 2.79. The molecule has 0 aliphatic carbocycles. The van der Waals surface area contributed by atoms with Gasteiger partial charge in [-0.2, -0.15) is 4.99 Å². The highest BCUT2D eigenvalue weighted by Crippen LogP contribution is 2.08. The van der Waals surface area contributed by atoms with Crippen molar-refractivity contribution in [3.63, 3.8) is 0 Å². The van der Waals surface area contributed by atoms with Crippen LogP contribution in [-0.4, -0.2) is 33.0 Å². The summed E-state index contributed by atoms with van der Waals surface area (Å²) in [5.41, 5.74) is 0. The van der Waals surface area contributed by atoms with Crippen LogP contribution in [0.3, 0.4) is 0 Å². The number of aliphatic hydroxyl groups is 1. The predicted octanol–water partition coefficient (Wildman–Crippen LogP) is -0.424. The van der Waals surface area contributed by atoms with E-state index in [0.29, 0.717) is 4.76 Å². The van der Waals surface area contributed by atoms with Gasteiger partial charge in [-0.3, -0.25) is 0 Å². The molecule has 0 spiro atoms. The molecule has 1 aliphatic heterocycles. The van der Waals surface area contributed by atoms with E-state index < -0.39 is 12.5 Å². The monoisotopic (exact) mass is 162 g/mol. The molecular formula is C4H8N3O2S+. The van der Waals surface area contributed by atoms with Gasteiger partial charge in [-0.1, -0.05) is 12.8 Å². The minimum Gasteiger partial charge on any atom is -0.314 e. The third-order valence-corrected chi connectivity index (χ3v) is 1.73. The Kier molecular flexibility index (Phi) is 1.91. The molecule has 2 atom stereocenters. The van der Waals surface area contributed by atoms with Gasteiger partial charge in [0.15, 0.2) is 0 Å². The zero-order valence-corrected chi connectivity index (χ0v) is 6.27. The molecule has 0 saturated heterocycles. The predicted molar refractivity (Wildman–Crippen MR) is 38.4 cm³/mol. The van der Waals surface area contributed by atoms with Crippen molar-refractivity contribution in [2.24, 2.45) is 4.99 Å². The maximum atomic E-state index is 10.8. The van der Waals surface area contributed by atoms with Crippen LogP contribution in [0.2, 0.25) is 0 Å². The maximum Gasteiger partial charge on any atom is 0.408 e. The zero-order valence-electron chi connectivity index (χ0n) is 5.38. The molecule has 10 heavy (non-hydrogen) atoms. The first-order valence-corrected chi connectivity index (χ1v) is 3.17. The quantitative estimate of drug-likeness (QED) is 0.375. The Morgan fingerprint density at radius 3 is 3.00 bits per heavy atom. The number of nitrogens with zero attached hydrogens (tertiary/aromatic N) is 3. The third-order valence-electron chi connectivity index (χ3n) is 1.30. The fourth-order valence-corrected chi connectivity index (χ4v) is 0.761. The van der Waals surface area contributed by atoms with E-state index in [1.807, 2.05) is 0 Å². The lowest BCUT2D eigenvalue weighted by molar-refractivity contribution is -0.666. The van der Waals surface area contributed by atoms with Crippen molar-refractivity contribution in [2.75, 3.05) is 0 Å². The van der Waals surface area contributed by atoms with Crippen LogP contribution in [-0.2, 0) is 0 Å². The summed E-state index contributed by atoms with van der Waals surface area (Å²) in [7, 11) is 0. The zero-order chi connectivity index (χ0) is 7.72. The van der Waals surface area contributed by atoms with Crippen LogP contribution in [0.5, 0.6) is 0 Å². The molecule has 0 saturated carbocycles. The third kappa shape index (κ3) is 1.12. The van der Waals surface area contributed by atoms with E-state index in [1.54, 1.807) is 6.92 Å². The molecule has 5 nitrogen and oxygen atoms in total. The van der Waals surface area contributed by atoms with Gasteiger partial charge in [0.25, 0.3) is 6.17 Å². The molecule has 2 unspecified atom stereocenters. The summed E-state index contributed by atoms with van der Waals surface area (Å²) in [6.45, 7) is 1.62. The first-order valence-electron chi connectivity index (χ1n) is 2.77. The van der Waals surface area contributed by atoms with Crippen molar-refractivity contribution in [1.29, 1.82) is 0 Å². The first-order chi connectivity index (χ1) is 4.63. The SMILES string of the molecule is CC1N(S)C=NC(O)[N+]1=O. The average molecular weight is 162 g/mol. The molecule has 0 fully saturated rings. The normalized spacial score (nSPS) is 33.1.